The van der Waals surface area contributed by atoms with E-state index >= 15 is 0 Å². The standard InChI is InChI=1S/C15H9Cl3FN5OS/c16-8-4-11(17)14(12(18)5-8)20-13(25)7-26-15-21-22-23-24(15)10-3-1-2-9(19)6-10/h1-6H,7H2,(H,20,25). The summed E-state index contributed by atoms with van der Waals surface area (Å²) in [6.45, 7) is 0. The molecule has 0 spiro atoms. The van der Waals surface area contributed by atoms with Gasteiger partial charge in [0.05, 0.1) is 27.2 Å². The van der Waals surface area contributed by atoms with Gasteiger partial charge in [-0.15, -0.1) is 5.10 Å². The number of rotatable bonds is 5. The van der Waals surface area contributed by atoms with E-state index in [2.05, 4.69) is 20.8 Å². The van der Waals surface area contributed by atoms with Gasteiger partial charge in [-0.2, -0.15) is 4.68 Å². The molecule has 134 valence electrons. The third-order valence-corrected chi connectivity index (χ3v) is 4.83. The minimum atomic E-state index is -0.418. The molecule has 0 aliphatic carbocycles. The van der Waals surface area contributed by atoms with Gasteiger partial charge in [0.2, 0.25) is 11.1 Å². The fourth-order valence-electron chi connectivity index (χ4n) is 2.01. The molecule has 0 fully saturated rings. The fraction of sp³-hybridized carbons (Fsp3) is 0.0667. The number of hydrogen-bond donors (Lipinski definition) is 1. The predicted molar refractivity (Wildman–Crippen MR) is 99.9 cm³/mol. The Balaban J connectivity index is 1.69. The summed E-state index contributed by atoms with van der Waals surface area (Å²) in [5.41, 5.74) is 0.717. The van der Waals surface area contributed by atoms with Crippen LogP contribution in [-0.2, 0) is 4.79 Å². The molecule has 11 heteroatoms. The zero-order valence-corrected chi connectivity index (χ0v) is 15.9. The quantitative estimate of drug-likeness (QED) is 0.601. The van der Waals surface area contributed by atoms with Gasteiger partial charge in [-0.1, -0.05) is 52.6 Å². The molecule has 3 aromatic rings. The van der Waals surface area contributed by atoms with Crippen molar-refractivity contribution >= 4 is 58.2 Å². The van der Waals surface area contributed by atoms with Crippen LogP contribution in [0.2, 0.25) is 15.1 Å². The number of hydrogen-bond acceptors (Lipinski definition) is 5. The van der Waals surface area contributed by atoms with Crippen molar-refractivity contribution in [2.24, 2.45) is 0 Å². The maximum absolute atomic E-state index is 13.4. The lowest BCUT2D eigenvalue weighted by Gasteiger charge is -2.09. The Hall–Kier alpha value is -1.87. The van der Waals surface area contributed by atoms with Crippen molar-refractivity contribution in [1.82, 2.24) is 20.2 Å². The Morgan fingerprint density at radius 1 is 1.19 bits per heavy atom. The van der Waals surface area contributed by atoms with E-state index < -0.39 is 5.82 Å². The number of nitrogens with one attached hydrogen (secondary N) is 1. The highest BCUT2D eigenvalue weighted by molar-refractivity contribution is 7.99. The zero-order valence-electron chi connectivity index (χ0n) is 12.8. The van der Waals surface area contributed by atoms with Crippen LogP contribution in [0.15, 0.2) is 41.6 Å². The molecule has 1 N–H and O–H groups in total. The lowest BCUT2D eigenvalue weighted by atomic mass is 10.3. The second kappa shape index (κ2) is 8.22. The van der Waals surface area contributed by atoms with Crippen LogP contribution in [-0.4, -0.2) is 31.9 Å². The summed E-state index contributed by atoms with van der Waals surface area (Å²) < 4.78 is 14.7. The molecule has 0 saturated carbocycles. The Bertz CT molecular complexity index is 945. The van der Waals surface area contributed by atoms with Crippen molar-refractivity contribution in [2.75, 3.05) is 11.1 Å². The monoisotopic (exact) mass is 431 g/mol. The Morgan fingerprint density at radius 3 is 2.62 bits per heavy atom. The maximum atomic E-state index is 13.4. The van der Waals surface area contributed by atoms with Crippen molar-refractivity contribution in [3.8, 4) is 5.69 Å². The summed E-state index contributed by atoms with van der Waals surface area (Å²) in [6.07, 6.45) is 0. The first-order chi connectivity index (χ1) is 12.4. The number of aromatic nitrogens is 4. The molecule has 0 unspecified atom stereocenters. The van der Waals surface area contributed by atoms with Crippen molar-refractivity contribution in [3.05, 3.63) is 57.3 Å². The third-order valence-electron chi connectivity index (χ3n) is 3.10. The van der Waals surface area contributed by atoms with E-state index in [1.54, 1.807) is 6.07 Å². The van der Waals surface area contributed by atoms with Gasteiger partial charge in [0.1, 0.15) is 5.82 Å². The summed E-state index contributed by atoms with van der Waals surface area (Å²) in [5.74, 6) is -0.793. The number of amides is 1. The van der Waals surface area contributed by atoms with Gasteiger partial charge in [0.25, 0.3) is 0 Å². The van der Waals surface area contributed by atoms with Gasteiger partial charge < -0.3 is 5.32 Å². The Kier molecular flexibility index (Phi) is 5.98. The van der Waals surface area contributed by atoms with Crippen LogP contribution in [0.4, 0.5) is 10.1 Å². The van der Waals surface area contributed by atoms with Crippen molar-refractivity contribution in [2.45, 2.75) is 5.16 Å². The molecule has 1 heterocycles. The molecule has 0 radical (unpaired) electrons. The van der Waals surface area contributed by atoms with Crippen LogP contribution in [0.5, 0.6) is 0 Å². The molecule has 0 saturated heterocycles. The topological polar surface area (TPSA) is 72.7 Å². The summed E-state index contributed by atoms with van der Waals surface area (Å²) in [5, 5.41) is 15.0. The number of anilines is 1. The van der Waals surface area contributed by atoms with E-state index in [-0.39, 0.29) is 27.4 Å². The average molecular weight is 433 g/mol. The highest BCUT2D eigenvalue weighted by Crippen LogP contribution is 2.33. The molecule has 1 aromatic heterocycles. The van der Waals surface area contributed by atoms with Crippen LogP contribution < -0.4 is 5.32 Å². The van der Waals surface area contributed by atoms with Crippen molar-refractivity contribution < 1.29 is 9.18 Å². The summed E-state index contributed by atoms with van der Waals surface area (Å²) in [4.78, 5) is 12.2. The van der Waals surface area contributed by atoms with E-state index in [4.69, 9.17) is 34.8 Å². The number of thioether (sulfide) groups is 1. The predicted octanol–water partition coefficient (Wildman–Crippen LogP) is 4.49. The average Bonchev–Trinajstić information content (AvgIpc) is 3.05. The first-order valence-corrected chi connectivity index (χ1v) is 9.17. The van der Waals surface area contributed by atoms with Crippen LogP contribution in [0.25, 0.3) is 5.69 Å². The maximum Gasteiger partial charge on any atom is 0.234 e. The molecule has 0 bridgehead atoms. The molecule has 6 nitrogen and oxygen atoms in total. The molecule has 0 atom stereocenters. The molecule has 1 amide bonds. The molecule has 0 aliphatic heterocycles. The van der Waals surface area contributed by atoms with Crippen LogP contribution in [0, 0.1) is 5.82 Å². The molecule has 2 aromatic carbocycles. The van der Waals surface area contributed by atoms with E-state index in [0.717, 1.165) is 11.8 Å². The number of carbonyl (C=O) groups excluding carboxylic acids is 1. The smallest absolute Gasteiger partial charge is 0.234 e. The van der Waals surface area contributed by atoms with Gasteiger partial charge in [0.15, 0.2) is 0 Å². The Morgan fingerprint density at radius 2 is 1.92 bits per heavy atom. The number of tetrazole rings is 1. The second-order valence-corrected chi connectivity index (χ2v) is 7.13. The number of carbonyl (C=O) groups is 1. The molecular formula is C15H9Cl3FN5OS. The highest BCUT2D eigenvalue weighted by atomic mass is 35.5. The largest absolute Gasteiger partial charge is 0.323 e. The van der Waals surface area contributed by atoms with Crippen LogP contribution in [0.3, 0.4) is 0 Å². The minimum absolute atomic E-state index is 0.00896. The van der Waals surface area contributed by atoms with E-state index in [1.807, 2.05) is 0 Å². The zero-order chi connectivity index (χ0) is 18.7. The van der Waals surface area contributed by atoms with Crippen LogP contribution in [0.1, 0.15) is 0 Å². The number of benzene rings is 2. The second-order valence-electron chi connectivity index (χ2n) is 4.93. The van der Waals surface area contributed by atoms with E-state index in [9.17, 15) is 9.18 Å². The normalized spacial score (nSPS) is 10.8. The van der Waals surface area contributed by atoms with Gasteiger partial charge in [-0.05, 0) is 40.8 Å². The fourth-order valence-corrected chi connectivity index (χ4v) is 3.61. The van der Waals surface area contributed by atoms with E-state index in [1.165, 1.54) is 35.0 Å². The number of halogens is 4. The van der Waals surface area contributed by atoms with Gasteiger partial charge in [-0.25, -0.2) is 4.39 Å². The molecular weight excluding hydrogens is 424 g/mol. The van der Waals surface area contributed by atoms with Gasteiger partial charge in [0, 0.05) is 5.02 Å². The lowest BCUT2D eigenvalue weighted by molar-refractivity contribution is -0.113. The third kappa shape index (κ3) is 4.45. The molecule has 0 aliphatic rings. The first kappa shape index (κ1) is 18.9. The van der Waals surface area contributed by atoms with Gasteiger partial charge in [-0.3, -0.25) is 4.79 Å². The lowest BCUT2D eigenvalue weighted by Crippen LogP contribution is -2.15. The van der Waals surface area contributed by atoms with E-state index in [0.29, 0.717) is 15.9 Å². The van der Waals surface area contributed by atoms with Crippen molar-refractivity contribution in [1.29, 1.82) is 0 Å². The van der Waals surface area contributed by atoms with Crippen LogP contribution >= 0.6 is 46.6 Å². The first-order valence-electron chi connectivity index (χ1n) is 7.05. The Labute approximate surface area is 166 Å². The molecule has 3 rings (SSSR count). The van der Waals surface area contributed by atoms with Crippen molar-refractivity contribution in [3.63, 3.8) is 0 Å². The summed E-state index contributed by atoms with van der Waals surface area (Å²) in [6, 6.07) is 8.74. The number of nitrogens with zero attached hydrogens (tertiary/aromatic N) is 4. The highest BCUT2D eigenvalue weighted by Gasteiger charge is 2.15. The molecule has 26 heavy (non-hydrogen) atoms. The summed E-state index contributed by atoms with van der Waals surface area (Å²) >= 11 is 19.0. The van der Waals surface area contributed by atoms with Gasteiger partial charge >= 0.3 is 0 Å². The SMILES string of the molecule is O=C(CSc1nnnn1-c1cccc(F)c1)Nc1c(Cl)cc(Cl)cc1Cl. The summed E-state index contributed by atoms with van der Waals surface area (Å²) in [7, 11) is 0. The minimum Gasteiger partial charge on any atom is -0.323 e.